The lowest BCUT2D eigenvalue weighted by atomic mass is 10.1. The minimum Gasteiger partial charge on any atom is -0.325 e. The minimum atomic E-state index is -0.370. The lowest BCUT2D eigenvalue weighted by Crippen LogP contribution is -2.23. The van der Waals surface area contributed by atoms with Crippen LogP contribution in [-0.4, -0.2) is 25.9 Å². The summed E-state index contributed by atoms with van der Waals surface area (Å²) in [5.41, 5.74) is 3.30. The van der Waals surface area contributed by atoms with Gasteiger partial charge in [0.25, 0.3) is 0 Å². The molecule has 1 aromatic heterocycles. The predicted octanol–water partition coefficient (Wildman–Crippen LogP) is 4.65. The number of nitrogens with zero attached hydrogens (tertiary/aromatic N) is 4. The molecule has 3 rings (SSSR count). The van der Waals surface area contributed by atoms with E-state index in [9.17, 15) is 4.79 Å². The zero-order chi connectivity index (χ0) is 20.8. The molecule has 0 saturated carbocycles. The predicted molar refractivity (Wildman–Crippen MR) is 116 cm³/mol. The number of nitriles is 1. The fourth-order valence-corrected chi connectivity index (χ4v) is 3.80. The maximum atomic E-state index is 12.6. The SMILES string of the molecule is CCCn1c(SC(C)C(=O)Nc2cccc(C#N)c2)nnc1-c1cccc(C)c1. The van der Waals surface area contributed by atoms with Crippen LogP contribution >= 0.6 is 11.8 Å². The van der Waals surface area contributed by atoms with Crippen LogP contribution < -0.4 is 5.32 Å². The molecule has 1 N–H and O–H groups in total. The number of amides is 1. The van der Waals surface area contributed by atoms with Gasteiger partial charge in [-0.1, -0.05) is 48.5 Å². The zero-order valence-electron chi connectivity index (χ0n) is 16.7. The summed E-state index contributed by atoms with van der Waals surface area (Å²) in [6, 6.07) is 17.1. The monoisotopic (exact) mass is 405 g/mol. The van der Waals surface area contributed by atoms with Crippen molar-refractivity contribution in [2.75, 3.05) is 5.32 Å². The van der Waals surface area contributed by atoms with Crippen molar-refractivity contribution in [3.05, 3.63) is 59.7 Å². The molecule has 6 nitrogen and oxygen atoms in total. The van der Waals surface area contributed by atoms with E-state index in [1.807, 2.05) is 32.0 Å². The number of aryl methyl sites for hydroxylation is 1. The van der Waals surface area contributed by atoms with Crippen molar-refractivity contribution in [1.29, 1.82) is 5.26 Å². The van der Waals surface area contributed by atoms with E-state index >= 15 is 0 Å². The van der Waals surface area contributed by atoms with Gasteiger partial charge in [0, 0.05) is 17.8 Å². The maximum Gasteiger partial charge on any atom is 0.237 e. The van der Waals surface area contributed by atoms with E-state index in [1.165, 1.54) is 11.8 Å². The van der Waals surface area contributed by atoms with Gasteiger partial charge in [-0.25, -0.2) is 0 Å². The fourth-order valence-electron chi connectivity index (χ4n) is 2.92. The number of carbonyl (C=O) groups is 1. The van der Waals surface area contributed by atoms with Gasteiger partial charge < -0.3 is 9.88 Å². The van der Waals surface area contributed by atoms with Crippen LogP contribution in [0.4, 0.5) is 5.69 Å². The second-order valence-electron chi connectivity index (χ2n) is 6.77. The number of hydrogen-bond acceptors (Lipinski definition) is 5. The second-order valence-corrected chi connectivity index (χ2v) is 8.08. The van der Waals surface area contributed by atoms with Crippen LogP contribution in [0.25, 0.3) is 11.4 Å². The molecule has 0 radical (unpaired) electrons. The van der Waals surface area contributed by atoms with Gasteiger partial charge >= 0.3 is 0 Å². The largest absolute Gasteiger partial charge is 0.325 e. The fraction of sp³-hybridized carbons (Fsp3) is 0.273. The number of nitrogens with one attached hydrogen (secondary N) is 1. The molecule has 2 aromatic carbocycles. The lowest BCUT2D eigenvalue weighted by molar-refractivity contribution is -0.115. The number of anilines is 1. The second kappa shape index (κ2) is 9.39. The molecule has 0 aliphatic heterocycles. The quantitative estimate of drug-likeness (QED) is 0.578. The van der Waals surface area contributed by atoms with Gasteiger partial charge in [0.1, 0.15) is 0 Å². The summed E-state index contributed by atoms with van der Waals surface area (Å²) in [6.07, 6.45) is 0.936. The number of aromatic nitrogens is 3. The van der Waals surface area contributed by atoms with Gasteiger partial charge in [0.05, 0.1) is 16.9 Å². The topological polar surface area (TPSA) is 83.6 Å². The molecule has 3 aromatic rings. The average molecular weight is 406 g/mol. The first kappa shape index (κ1) is 20.6. The molecule has 148 valence electrons. The Morgan fingerprint density at radius 2 is 2.03 bits per heavy atom. The van der Waals surface area contributed by atoms with E-state index in [-0.39, 0.29) is 11.2 Å². The van der Waals surface area contributed by atoms with Crippen LogP contribution in [-0.2, 0) is 11.3 Å². The van der Waals surface area contributed by atoms with E-state index in [0.29, 0.717) is 11.3 Å². The highest BCUT2D eigenvalue weighted by atomic mass is 32.2. The number of thioether (sulfide) groups is 1. The molecule has 7 heteroatoms. The smallest absolute Gasteiger partial charge is 0.237 e. The Labute approximate surface area is 175 Å². The van der Waals surface area contributed by atoms with E-state index < -0.39 is 0 Å². The molecule has 1 atom stereocenters. The Balaban J connectivity index is 1.78. The van der Waals surface area contributed by atoms with Crippen LogP contribution in [0.15, 0.2) is 53.7 Å². The zero-order valence-corrected chi connectivity index (χ0v) is 17.5. The standard InChI is InChI=1S/C22H23N5OS/c1-4-11-27-20(18-9-5-7-15(2)12-18)25-26-22(27)29-16(3)21(28)24-19-10-6-8-17(13-19)14-23/h5-10,12-13,16H,4,11H2,1-3H3,(H,24,28). The van der Waals surface area contributed by atoms with Crippen LogP contribution in [0.1, 0.15) is 31.4 Å². The molecule has 0 fully saturated rings. The molecular formula is C22H23N5OS. The minimum absolute atomic E-state index is 0.145. The highest BCUT2D eigenvalue weighted by Crippen LogP contribution is 2.28. The Bertz CT molecular complexity index is 1050. The van der Waals surface area contributed by atoms with E-state index in [2.05, 4.69) is 39.1 Å². The summed E-state index contributed by atoms with van der Waals surface area (Å²) in [4.78, 5) is 12.6. The molecule has 1 unspecified atom stereocenters. The van der Waals surface area contributed by atoms with Crippen LogP contribution in [0.5, 0.6) is 0 Å². The Morgan fingerprint density at radius 3 is 2.76 bits per heavy atom. The molecule has 0 bridgehead atoms. The summed E-state index contributed by atoms with van der Waals surface area (Å²) in [6.45, 7) is 6.77. The molecule has 0 aliphatic carbocycles. The number of hydrogen-bond donors (Lipinski definition) is 1. The van der Waals surface area contributed by atoms with Gasteiger partial charge in [-0.15, -0.1) is 10.2 Å². The van der Waals surface area contributed by atoms with E-state index in [4.69, 9.17) is 5.26 Å². The number of carbonyl (C=O) groups excluding carboxylic acids is 1. The van der Waals surface area contributed by atoms with Gasteiger partial charge in [-0.2, -0.15) is 5.26 Å². The van der Waals surface area contributed by atoms with Crippen LogP contribution in [0.3, 0.4) is 0 Å². The molecule has 1 heterocycles. The van der Waals surface area contributed by atoms with Gasteiger partial charge in [0.2, 0.25) is 5.91 Å². The summed E-state index contributed by atoms with van der Waals surface area (Å²) in [5, 5.41) is 21.0. The van der Waals surface area contributed by atoms with Gasteiger partial charge in [0.15, 0.2) is 11.0 Å². The first-order valence-electron chi connectivity index (χ1n) is 9.49. The molecule has 0 aliphatic rings. The van der Waals surface area contributed by atoms with Gasteiger partial charge in [-0.3, -0.25) is 4.79 Å². The van der Waals surface area contributed by atoms with Crippen molar-refractivity contribution in [1.82, 2.24) is 14.8 Å². The molecule has 1 amide bonds. The lowest BCUT2D eigenvalue weighted by Gasteiger charge is -2.13. The van der Waals surface area contributed by atoms with E-state index in [1.54, 1.807) is 24.3 Å². The Hall–Kier alpha value is -3.11. The van der Waals surface area contributed by atoms with Crippen molar-refractivity contribution in [3.63, 3.8) is 0 Å². The molecular weight excluding hydrogens is 382 g/mol. The summed E-state index contributed by atoms with van der Waals surface area (Å²) in [7, 11) is 0. The Kier molecular flexibility index (Phi) is 6.68. The number of benzene rings is 2. The van der Waals surface area contributed by atoms with E-state index in [0.717, 1.165) is 35.1 Å². The summed E-state index contributed by atoms with van der Waals surface area (Å²) >= 11 is 1.38. The first-order valence-corrected chi connectivity index (χ1v) is 10.4. The van der Waals surface area contributed by atoms with Gasteiger partial charge in [-0.05, 0) is 44.5 Å². The highest BCUT2D eigenvalue weighted by Gasteiger charge is 2.21. The van der Waals surface area contributed by atoms with Crippen LogP contribution in [0, 0.1) is 18.3 Å². The molecule has 0 saturated heterocycles. The van der Waals surface area contributed by atoms with Crippen molar-refractivity contribution in [2.45, 2.75) is 44.1 Å². The Morgan fingerprint density at radius 1 is 1.24 bits per heavy atom. The highest BCUT2D eigenvalue weighted by molar-refractivity contribution is 8.00. The number of rotatable bonds is 7. The van der Waals surface area contributed by atoms with Crippen molar-refractivity contribution in [2.24, 2.45) is 0 Å². The first-order chi connectivity index (χ1) is 14.0. The maximum absolute atomic E-state index is 12.6. The summed E-state index contributed by atoms with van der Waals surface area (Å²) in [5.74, 6) is 0.667. The van der Waals surface area contributed by atoms with Crippen LogP contribution in [0.2, 0.25) is 0 Å². The third-order valence-corrected chi connectivity index (χ3v) is 5.43. The molecule has 0 spiro atoms. The normalized spacial score (nSPS) is 11.7. The summed E-state index contributed by atoms with van der Waals surface area (Å²) < 4.78 is 2.07. The van der Waals surface area contributed by atoms with Crippen molar-refractivity contribution >= 4 is 23.4 Å². The molecule has 29 heavy (non-hydrogen) atoms. The third-order valence-electron chi connectivity index (χ3n) is 4.35. The van der Waals surface area contributed by atoms with Crippen molar-refractivity contribution < 1.29 is 4.79 Å². The third kappa shape index (κ3) is 5.04. The average Bonchev–Trinajstić information content (AvgIpc) is 3.10. The van der Waals surface area contributed by atoms with Crippen molar-refractivity contribution in [3.8, 4) is 17.5 Å².